The number of carbonyl (C=O) groups is 1. The number of carbonyl (C=O) groups excluding carboxylic acids is 1. The predicted molar refractivity (Wildman–Crippen MR) is 110 cm³/mol. The number of amides is 1. The molecule has 1 aliphatic rings. The van der Waals surface area contributed by atoms with Crippen LogP contribution >= 0.6 is 11.6 Å². The van der Waals surface area contributed by atoms with Crippen LogP contribution in [0.2, 0.25) is 5.02 Å². The van der Waals surface area contributed by atoms with Gasteiger partial charge in [0.25, 0.3) is 5.91 Å². The lowest BCUT2D eigenvalue weighted by Gasteiger charge is -2.36. The molecule has 0 radical (unpaired) electrons. The number of hydrogen-bond donors (Lipinski definition) is 0. The van der Waals surface area contributed by atoms with Gasteiger partial charge in [0.2, 0.25) is 0 Å². The van der Waals surface area contributed by atoms with Gasteiger partial charge in [0.05, 0.1) is 25.8 Å². The molecule has 1 aliphatic heterocycles. The number of piperazine rings is 1. The molecule has 0 spiro atoms. The van der Waals surface area contributed by atoms with Gasteiger partial charge in [-0.3, -0.25) is 4.79 Å². The van der Waals surface area contributed by atoms with Gasteiger partial charge in [0, 0.05) is 37.4 Å². The molecular weight excluding hydrogens is 380 g/mol. The van der Waals surface area contributed by atoms with Crippen LogP contribution in [0.3, 0.4) is 0 Å². The van der Waals surface area contributed by atoms with E-state index in [9.17, 15) is 4.79 Å². The van der Waals surface area contributed by atoms with Crippen molar-refractivity contribution in [3.05, 3.63) is 47.0 Å². The first kappa shape index (κ1) is 20.1. The van der Waals surface area contributed by atoms with E-state index in [1.807, 2.05) is 36.1 Å². The molecule has 1 fully saturated rings. The lowest BCUT2D eigenvalue weighted by Crippen LogP contribution is -2.48. The van der Waals surface area contributed by atoms with E-state index in [4.69, 9.17) is 25.8 Å². The third-order valence-electron chi connectivity index (χ3n) is 4.77. The zero-order valence-corrected chi connectivity index (χ0v) is 17.2. The summed E-state index contributed by atoms with van der Waals surface area (Å²) in [7, 11) is 3.19. The summed E-state index contributed by atoms with van der Waals surface area (Å²) >= 11 is 6.31. The molecule has 0 saturated carbocycles. The van der Waals surface area contributed by atoms with Gasteiger partial charge in [-0.1, -0.05) is 11.6 Å². The second kappa shape index (κ2) is 9.06. The molecule has 0 N–H and O–H groups in total. The van der Waals surface area contributed by atoms with Crippen LogP contribution in [0, 0.1) is 0 Å². The highest BCUT2D eigenvalue weighted by atomic mass is 35.5. The Balaban J connectivity index is 1.68. The summed E-state index contributed by atoms with van der Waals surface area (Å²) in [6, 6.07) is 11.3. The van der Waals surface area contributed by atoms with Crippen LogP contribution < -0.4 is 19.1 Å². The topological polar surface area (TPSA) is 51.2 Å². The smallest absolute Gasteiger partial charge is 0.254 e. The van der Waals surface area contributed by atoms with Crippen LogP contribution in [0.4, 0.5) is 5.69 Å². The van der Waals surface area contributed by atoms with Crippen molar-refractivity contribution < 1.29 is 19.0 Å². The Labute approximate surface area is 170 Å². The Morgan fingerprint density at radius 1 is 1.04 bits per heavy atom. The first-order chi connectivity index (χ1) is 13.6. The van der Waals surface area contributed by atoms with Crippen molar-refractivity contribution in [1.29, 1.82) is 0 Å². The predicted octanol–water partition coefficient (Wildman–Crippen LogP) is 3.72. The fourth-order valence-electron chi connectivity index (χ4n) is 3.27. The molecule has 0 aliphatic carbocycles. The molecule has 0 atom stereocenters. The summed E-state index contributed by atoms with van der Waals surface area (Å²) < 4.78 is 16.1. The van der Waals surface area contributed by atoms with E-state index in [0.29, 0.717) is 41.8 Å². The van der Waals surface area contributed by atoms with Gasteiger partial charge in [-0.15, -0.1) is 0 Å². The van der Waals surface area contributed by atoms with Crippen molar-refractivity contribution in [1.82, 2.24) is 4.90 Å². The Bertz CT molecular complexity index is 818. The fourth-order valence-corrected chi connectivity index (χ4v) is 3.54. The molecule has 1 saturated heterocycles. The maximum Gasteiger partial charge on any atom is 0.254 e. The third kappa shape index (κ3) is 4.28. The van der Waals surface area contributed by atoms with Gasteiger partial charge in [-0.25, -0.2) is 0 Å². The van der Waals surface area contributed by atoms with Crippen LogP contribution in [-0.4, -0.2) is 57.8 Å². The summed E-state index contributed by atoms with van der Waals surface area (Å²) in [6.45, 7) is 5.14. The average Bonchev–Trinajstić information content (AvgIpc) is 2.74. The minimum absolute atomic E-state index is 0.0578. The van der Waals surface area contributed by atoms with E-state index in [1.165, 1.54) is 7.11 Å². The highest BCUT2D eigenvalue weighted by Crippen LogP contribution is 2.36. The number of anilines is 1. The lowest BCUT2D eigenvalue weighted by molar-refractivity contribution is 0.0746. The van der Waals surface area contributed by atoms with E-state index >= 15 is 0 Å². The summed E-state index contributed by atoms with van der Waals surface area (Å²) in [5, 5.41) is 0.376. The van der Waals surface area contributed by atoms with Crippen molar-refractivity contribution in [3.8, 4) is 17.2 Å². The quantitative estimate of drug-likeness (QED) is 0.734. The van der Waals surface area contributed by atoms with Crippen LogP contribution in [0.1, 0.15) is 17.3 Å². The second-order valence-corrected chi connectivity index (χ2v) is 6.81. The second-order valence-electron chi connectivity index (χ2n) is 6.40. The molecule has 0 bridgehead atoms. The maximum atomic E-state index is 13.0. The average molecular weight is 405 g/mol. The molecule has 0 unspecified atom stereocenters. The van der Waals surface area contributed by atoms with Gasteiger partial charge in [0.15, 0.2) is 11.5 Å². The Morgan fingerprint density at radius 2 is 1.71 bits per heavy atom. The number of halogens is 1. The normalized spacial score (nSPS) is 14.0. The Morgan fingerprint density at radius 3 is 2.29 bits per heavy atom. The molecule has 0 aromatic heterocycles. The molecule has 1 amide bonds. The monoisotopic (exact) mass is 404 g/mol. The van der Waals surface area contributed by atoms with E-state index < -0.39 is 0 Å². The lowest BCUT2D eigenvalue weighted by atomic mass is 10.1. The summed E-state index contributed by atoms with van der Waals surface area (Å²) in [6.07, 6.45) is 0. The van der Waals surface area contributed by atoms with Crippen LogP contribution in [0.5, 0.6) is 17.2 Å². The van der Waals surface area contributed by atoms with Gasteiger partial charge in [-0.2, -0.15) is 0 Å². The number of nitrogens with zero attached hydrogens (tertiary/aromatic N) is 2. The first-order valence-corrected chi connectivity index (χ1v) is 9.63. The molecule has 150 valence electrons. The molecular formula is C21H25ClN2O4. The van der Waals surface area contributed by atoms with Crippen molar-refractivity contribution in [2.75, 3.05) is 51.9 Å². The fraction of sp³-hybridized carbons (Fsp3) is 0.381. The van der Waals surface area contributed by atoms with Gasteiger partial charge in [-0.05, 0) is 43.3 Å². The summed E-state index contributed by atoms with van der Waals surface area (Å²) in [5.74, 6) is 1.71. The van der Waals surface area contributed by atoms with Crippen LogP contribution in [0.25, 0.3) is 0 Å². The zero-order chi connectivity index (χ0) is 20.1. The molecule has 7 heteroatoms. The van der Waals surface area contributed by atoms with Crippen LogP contribution in [-0.2, 0) is 0 Å². The van der Waals surface area contributed by atoms with Crippen molar-refractivity contribution in [3.63, 3.8) is 0 Å². The molecule has 1 heterocycles. The van der Waals surface area contributed by atoms with Crippen molar-refractivity contribution >= 4 is 23.2 Å². The first-order valence-electron chi connectivity index (χ1n) is 9.26. The van der Waals surface area contributed by atoms with Crippen LogP contribution in [0.15, 0.2) is 36.4 Å². The third-order valence-corrected chi connectivity index (χ3v) is 5.05. The number of benzene rings is 2. The highest BCUT2D eigenvalue weighted by molar-refractivity contribution is 6.32. The summed E-state index contributed by atoms with van der Waals surface area (Å²) in [5.41, 5.74) is 1.63. The maximum absolute atomic E-state index is 13.0. The molecule has 3 rings (SSSR count). The Hall–Kier alpha value is -2.60. The van der Waals surface area contributed by atoms with Gasteiger partial charge >= 0.3 is 0 Å². The SMILES string of the molecule is CCOc1c(Cl)cc(C(=O)N2CCN(c3ccc(OC)cc3)CC2)cc1OC. The minimum Gasteiger partial charge on any atom is -0.497 e. The molecule has 6 nitrogen and oxygen atoms in total. The van der Waals surface area contributed by atoms with E-state index in [2.05, 4.69) is 4.90 Å². The molecule has 28 heavy (non-hydrogen) atoms. The van der Waals surface area contributed by atoms with Gasteiger partial charge < -0.3 is 24.0 Å². The molecule has 2 aromatic rings. The zero-order valence-electron chi connectivity index (χ0n) is 16.4. The number of hydrogen-bond acceptors (Lipinski definition) is 5. The minimum atomic E-state index is -0.0578. The number of ether oxygens (including phenoxy) is 3. The highest BCUT2D eigenvalue weighted by Gasteiger charge is 2.24. The molecule has 2 aromatic carbocycles. The number of rotatable bonds is 6. The number of methoxy groups -OCH3 is 2. The van der Waals surface area contributed by atoms with E-state index in [0.717, 1.165) is 24.5 Å². The van der Waals surface area contributed by atoms with E-state index in [1.54, 1.807) is 19.2 Å². The van der Waals surface area contributed by atoms with E-state index in [-0.39, 0.29) is 5.91 Å². The standard InChI is InChI=1S/C21H25ClN2O4/c1-4-28-20-18(22)13-15(14-19(20)27-3)21(25)24-11-9-23(10-12-24)16-5-7-17(26-2)8-6-16/h5-8,13-14H,4,9-12H2,1-3H3. The Kier molecular flexibility index (Phi) is 6.52. The van der Waals surface area contributed by atoms with Crippen molar-refractivity contribution in [2.45, 2.75) is 6.92 Å². The largest absolute Gasteiger partial charge is 0.497 e. The summed E-state index contributed by atoms with van der Waals surface area (Å²) in [4.78, 5) is 17.0. The van der Waals surface area contributed by atoms with Crippen molar-refractivity contribution in [2.24, 2.45) is 0 Å². The van der Waals surface area contributed by atoms with Gasteiger partial charge in [0.1, 0.15) is 5.75 Å².